The Morgan fingerprint density at radius 1 is 1.27 bits per heavy atom. The topological polar surface area (TPSA) is 85.9 Å². The average molecular weight is 336 g/mol. The van der Waals surface area contributed by atoms with Gasteiger partial charge in [-0.15, -0.1) is 0 Å². The summed E-state index contributed by atoms with van der Waals surface area (Å²) in [5.41, 5.74) is 6.79. The maximum absolute atomic E-state index is 11.8. The van der Waals surface area contributed by atoms with Gasteiger partial charge < -0.3 is 5.73 Å². The number of benzene rings is 1. The van der Waals surface area contributed by atoms with Crippen molar-refractivity contribution >= 4 is 35.1 Å². The van der Waals surface area contributed by atoms with Gasteiger partial charge in [-0.3, -0.25) is 9.59 Å². The molecule has 2 aromatic rings. The van der Waals surface area contributed by atoms with Crippen LogP contribution in [0.15, 0.2) is 29.3 Å². The number of primary amides is 1. The molecule has 0 aliphatic carbocycles. The van der Waals surface area contributed by atoms with Crippen molar-refractivity contribution in [3.8, 4) is 11.4 Å². The predicted molar refractivity (Wildman–Crippen MR) is 87.1 cm³/mol. The molecule has 1 heterocycles. The van der Waals surface area contributed by atoms with E-state index in [9.17, 15) is 9.59 Å². The second-order valence-electron chi connectivity index (χ2n) is 4.60. The lowest BCUT2D eigenvalue weighted by Gasteiger charge is -2.11. The lowest BCUT2D eigenvalue weighted by atomic mass is 10.1. The van der Waals surface area contributed by atoms with Crippen LogP contribution < -0.4 is 5.73 Å². The molecule has 1 amide bonds. The number of aromatic nitrogens is 2. The van der Waals surface area contributed by atoms with Gasteiger partial charge in [0, 0.05) is 5.56 Å². The first-order chi connectivity index (χ1) is 10.4. The molecule has 7 heteroatoms. The van der Waals surface area contributed by atoms with Crippen molar-refractivity contribution in [3.63, 3.8) is 0 Å². The van der Waals surface area contributed by atoms with Crippen molar-refractivity contribution < 1.29 is 9.59 Å². The Bertz CT molecular complexity index is 750. The number of halogens is 1. The Kier molecular flexibility index (Phi) is 5.15. The van der Waals surface area contributed by atoms with E-state index in [1.807, 2.05) is 12.1 Å². The first-order valence-electron chi connectivity index (χ1n) is 6.45. The predicted octanol–water partition coefficient (Wildman–Crippen LogP) is 2.89. The number of amides is 1. The van der Waals surface area contributed by atoms with Crippen molar-refractivity contribution in [2.75, 3.05) is 5.75 Å². The molecule has 0 fully saturated rings. The first-order valence-corrected chi connectivity index (χ1v) is 7.82. The zero-order valence-electron chi connectivity index (χ0n) is 12.1. The van der Waals surface area contributed by atoms with Gasteiger partial charge >= 0.3 is 0 Å². The average Bonchev–Trinajstić information content (AvgIpc) is 2.44. The Hall–Kier alpha value is -1.92. The van der Waals surface area contributed by atoms with E-state index in [2.05, 4.69) is 9.97 Å². The molecule has 1 aromatic heterocycles. The lowest BCUT2D eigenvalue weighted by molar-refractivity contribution is -0.115. The van der Waals surface area contributed by atoms with Crippen LogP contribution >= 0.6 is 23.4 Å². The fourth-order valence-electron chi connectivity index (χ4n) is 1.96. The number of carbonyl (C=O) groups excluding carboxylic acids is 2. The van der Waals surface area contributed by atoms with Crippen LogP contribution in [0, 0.1) is 6.92 Å². The second-order valence-corrected chi connectivity index (χ2v) is 5.98. The molecular weight excluding hydrogens is 322 g/mol. The zero-order chi connectivity index (χ0) is 16.3. The molecule has 1 aromatic carbocycles. The van der Waals surface area contributed by atoms with Gasteiger partial charge in [-0.2, -0.15) is 0 Å². The summed E-state index contributed by atoms with van der Waals surface area (Å²) in [5, 5.41) is 0.956. The molecule has 0 spiro atoms. The highest BCUT2D eigenvalue weighted by molar-refractivity contribution is 8.00. The van der Waals surface area contributed by atoms with E-state index >= 15 is 0 Å². The third-order valence-corrected chi connectivity index (χ3v) is 4.20. The van der Waals surface area contributed by atoms with E-state index in [-0.39, 0.29) is 11.5 Å². The number of hydrogen-bond donors (Lipinski definition) is 1. The molecule has 0 aliphatic heterocycles. The molecule has 5 nitrogen and oxygen atoms in total. The number of nitrogens with two attached hydrogens (primary N) is 1. The van der Waals surface area contributed by atoms with E-state index in [0.29, 0.717) is 32.7 Å². The smallest absolute Gasteiger partial charge is 0.227 e. The minimum Gasteiger partial charge on any atom is -0.369 e. The third-order valence-electron chi connectivity index (χ3n) is 2.87. The number of thioether (sulfide) groups is 1. The van der Waals surface area contributed by atoms with Crippen LogP contribution in [0.1, 0.15) is 23.0 Å². The largest absolute Gasteiger partial charge is 0.369 e. The zero-order valence-corrected chi connectivity index (χ0v) is 13.7. The number of aryl methyl sites for hydroxylation is 1. The highest BCUT2D eigenvalue weighted by atomic mass is 35.5. The number of ketones is 1. The fraction of sp³-hybridized carbons (Fsp3) is 0.200. The fourth-order valence-corrected chi connectivity index (χ4v) is 3.04. The Balaban J connectivity index is 2.57. The van der Waals surface area contributed by atoms with Crippen LogP contribution in [0.2, 0.25) is 5.02 Å². The summed E-state index contributed by atoms with van der Waals surface area (Å²) >= 11 is 7.29. The van der Waals surface area contributed by atoms with Crippen LogP contribution in [0.3, 0.4) is 0 Å². The van der Waals surface area contributed by atoms with Gasteiger partial charge in [0.25, 0.3) is 0 Å². The Morgan fingerprint density at radius 2 is 1.95 bits per heavy atom. The van der Waals surface area contributed by atoms with Gasteiger partial charge in [0.15, 0.2) is 11.6 Å². The highest BCUT2D eigenvalue weighted by Crippen LogP contribution is 2.29. The van der Waals surface area contributed by atoms with Crippen molar-refractivity contribution in [1.82, 2.24) is 9.97 Å². The maximum atomic E-state index is 11.8. The first kappa shape index (κ1) is 16.5. The van der Waals surface area contributed by atoms with Crippen molar-refractivity contribution in [1.29, 1.82) is 0 Å². The summed E-state index contributed by atoms with van der Waals surface area (Å²) in [7, 11) is 0. The summed E-state index contributed by atoms with van der Waals surface area (Å²) in [4.78, 5) is 31.6. The quantitative estimate of drug-likeness (QED) is 0.516. The number of carbonyl (C=O) groups is 2. The molecule has 2 rings (SSSR count). The lowest BCUT2D eigenvalue weighted by Crippen LogP contribution is -2.14. The van der Waals surface area contributed by atoms with Crippen LogP contribution in [-0.4, -0.2) is 27.4 Å². The second kappa shape index (κ2) is 6.89. The van der Waals surface area contributed by atoms with Gasteiger partial charge in [0.05, 0.1) is 22.0 Å². The van der Waals surface area contributed by atoms with Crippen LogP contribution in [0.25, 0.3) is 11.4 Å². The summed E-state index contributed by atoms with van der Waals surface area (Å²) in [6.07, 6.45) is 0. The summed E-state index contributed by atoms with van der Waals surface area (Å²) in [6.45, 7) is 3.17. The number of Topliss-reactive ketones (excluding diaryl/α,β-unsaturated/α-hetero) is 1. The van der Waals surface area contributed by atoms with E-state index in [4.69, 9.17) is 17.3 Å². The summed E-state index contributed by atoms with van der Waals surface area (Å²) in [6, 6.07) is 7.18. The van der Waals surface area contributed by atoms with Gasteiger partial charge in [-0.25, -0.2) is 9.97 Å². The molecule has 114 valence electrons. The van der Waals surface area contributed by atoms with Crippen LogP contribution in [0.5, 0.6) is 0 Å². The van der Waals surface area contributed by atoms with Gasteiger partial charge in [0.1, 0.15) is 5.03 Å². The molecule has 0 bridgehead atoms. The molecule has 0 radical (unpaired) electrons. The highest BCUT2D eigenvalue weighted by Gasteiger charge is 2.18. The normalized spacial score (nSPS) is 10.5. The number of nitrogens with zero attached hydrogens (tertiary/aromatic N) is 2. The standard InChI is InChI=1S/C15H14ClN3O2S/c1-8-13(9(2)20)15(22-7-12(17)21)19-14(18-8)10-5-3-4-6-11(10)16/h3-6H,7H2,1-2H3,(H2,17,21). The van der Waals surface area contributed by atoms with Crippen molar-refractivity contribution in [2.24, 2.45) is 5.73 Å². The number of hydrogen-bond acceptors (Lipinski definition) is 5. The van der Waals surface area contributed by atoms with Crippen LogP contribution in [0.4, 0.5) is 0 Å². The molecule has 2 N–H and O–H groups in total. The van der Waals surface area contributed by atoms with Gasteiger partial charge in [-0.1, -0.05) is 35.5 Å². The minimum absolute atomic E-state index is 0.0404. The summed E-state index contributed by atoms with van der Waals surface area (Å²) in [5.74, 6) is -0.177. The Labute approximate surface area is 137 Å². The van der Waals surface area contributed by atoms with E-state index in [1.165, 1.54) is 6.92 Å². The van der Waals surface area contributed by atoms with E-state index in [0.717, 1.165) is 11.8 Å². The SMILES string of the molecule is CC(=O)c1c(C)nc(-c2ccccc2Cl)nc1SCC(N)=O. The van der Waals surface area contributed by atoms with Gasteiger partial charge in [0.2, 0.25) is 5.91 Å². The van der Waals surface area contributed by atoms with Crippen LogP contribution in [-0.2, 0) is 4.79 Å². The third kappa shape index (κ3) is 3.64. The van der Waals surface area contributed by atoms with Crippen molar-refractivity contribution in [3.05, 3.63) is 40.5 Å². The molecule has 0 unspecified atom stereocenters. The minimum atomic E-state index is -0.477. The molecule has 0 aliphatic rings. The van der Waals surface area contributed by atoms with E-state index in [1.54, 1.807) is 19.1 Å². The maximum Gasteiger partial charge on any atom is 0.227 e. The summed E-state index contributed by atoms with van der Waals surface area (Å²) < 4.78 is 0. The Morgan fingerprint density at radius 3 is 2.55 bits per heavy atom. The number of rotatable bonds is 5. The van der Waals surface area contributed by atoms with Crippen molar-refractivity contribution in [2.45, 2.75) is 18.9 Å². The molecule has 0 saturated heterocycles. The monoisotopic (exact) mass is 335 g/mol. The van der Waals surface area contributed by atoms with E-state index < -0.39 is 5.91 Å². The molecule has 0 atom stereocenters. The van der Waals surface area contributed by atoms with Gasteiger partial charge in [-0.05, 0) is 26.0 Å². The molecule has 22 heavy (non-hydrogen) atoms. The molecular formula is C15H14ClN3O2S. The molecule has 0 saturated carbocycles.